The molecule has 0 spiro atoms. The first-order valence-corrected chi connectivity index (χ1v) is 8.19. The van der Waals surface area contributed by atoms with Crippen LogP contribution >= 0.6 is 0 Å². The first kappa shape index (κ1) is 18.1. The molecule has 3 aromatic rings. The summed E-state index contributed by atoms with van der Waals surface area (Å²) in [7, 11) is 1.60. The Labute approximate surface area is 154 Å². The van der Waals surface area contributed by atoms with Crippen LogP contribution in [0.1, 0.15) is 6.92 Å². The molecule has 8 nitrogen and oxygen atoms in total. The Hall–Kier alpha value is -3.68. The monoisotopic (exact) mass is 367 g/mol. The molecule has 0 fully saturated rings. The third kappa shape index (κ3) is 3.95. The van der Waals surface area contributed by atoms with Gasteiger partial charge in [-0.1, -0.05) is 0 Å². The number of hydrogen-bond acceptors (Lipinski definition) is 6. The Morgan fingerprint density at radius 2 is 2.00 bits per heavy atom. The van der Waals surface area contributed by atoms with Gasteiger partial charge in [0, 0.05) is 48.8 Å². The van der Waals surface area contributed by atoms with Crippen molar-refractivity contribution in [1.29, 1.82) is 0 Å². The van der Waals surface area contributed by atoms with E-state index in [0.717, 1.165) is 0 Å². The van der Waals surface area contributed by atoms with Gasteiger partial charge in [-0.2, -0.15) is 0 Å². The van der Waals surface area contributed by atoms with Crippen molar-refractivity contribution in [3.8, 4) is 28.4 Å². The maximum atomic E-state index is 12.0. The molecule has 2 heterocycles. The van der Waals surface area contributed by atoms with Gasteiger partial charge in [-0.05, 0) is 25.1 Å². The molecular formula is C19H17N3O5. The van der Waals surface area contributed by atoms with Crippen LogP contribution < -0.4 is 15.0 Å². The molecule has 8 heteroatoms. The van der Waals surface area contributed by atoms with Crippen LogP contribution in [0.2, 0.25) is 0 Å². The number of non-ortho nitro benzene ring substituents is 1. The van der Waals surface area contributed by atoms with E-state index in [2.05, 4.69) is 4.98 Å². The second-order valence-corrected chi connectivity index (χ2v) is 5.66. The third-order valence-corrected chi connectivity index (χ3v) is 3.82. The van der Waals surface area contributed by atoms with E-state index < -0.39 is 4.92 Å². The summed E-state index contributed by atoms with van der Waals surface area (Å²) in [5, 5.41) is 11.3. The fourth-order valence-corrected chi connectivity index (χ4v) is 2.56. The van der Waals surface area contributed by atoms with Crippen LogP contribution in [0.15, 0.2) is 59.8 Å². The normalized spacial score (nSPS) is 10.4. The van der Waals surface area contributed by atoms with Gasteiger partial charge in [0.2, 0.25) is 0 Å². The van der Waals surface area contributed by atoms with Crippen molar-refractivity contribution in [3.05, 3.63) is 75.5 Å². The van der Waals surface area contributed by atoms with Crippen molar-refractivity contribution >= 4 is 5.69 Å². The van der Waals surface area contributed by atoms with E-state index in [-0.39, 0.29) is 11.2 Å². The van der Waals surface area contributed by atoms with Crippen LogP contribution in [-0.4, -0.2) is 21.1 Å². The number of benzene rings is 1. The first-order chi connectivity index (χ1) is 13.0. The number of pyridine rings is 2. The number of ether oxygens (including phenoxy) is 2. The van der Waals surface area contributed by atoms with Crippen LogP contribution in [-0.2, 0) is 7.05 Å². The average molecular weight is 367 g/mol. The summed E-state index contributed by atoms with van der Waals surface area (Å²) < 4.78 is 12.8. The lowest BCUT2D eigenvalue weighted by molar-refractivity contribution is -0.384. The Kier molecular flexibility index (Phi) is 5.16. The molecule has 1 aromatic carbocycles. The highest BCUT2D eigenvalue weighted by molar-refractivity contribution is 5.77. The highest BCUT2D eigenvalue weighted by Gasteiger charge is 2.18. The summed E-state index contributed by atoms with van der Waals surface area (Å²) in [6, 6.07) is 9.07. The Morgan fingerprint density at radius 1 is 1.19 bits per heavy atom. The molecule has 0 bridgehead atoms. The van der Waals surface area contributed by atoms with Crippen molar-refractivity contribution in [2.45, 2.75) is 6.92 Å². The van der Waals surface area contributed by atoms with E-state index in [1.54, 1.807) is 38.5 Å². The Balaban J connectivity index is 2.20. The maximum Gasteiger partial charge on any atom is 0.270 e. The lowest BCUT2D eigenvalue weighted by Crippen LogP contribution is -2.16. The molecule has 2 aromatic heterocycles. The molecule has 0 aliphatic carbocycles. The molecule has 0 radical (unpaired) electrons. The summed E-state index contributed by atoms with van der Waals surface area (Å²) >= 11 is 0. The number of aryl methyl sites for hydroxylation is 1. The zero-order chi connectivity index (χ0) is 19.4. The minimum absolute atomic E-state index is 0.0974. The zero-order valence-electron chi connectivity index (χ0n) is 14.8. The van der Waals surface area contributed by atoms with Crippen molar-refractivity contribution in [2.75, 3.05) is 6.61 Å². The molecule has 0 aliphatic heterocycles. The summed E-state index contributed by atoms with van der Waals surface area (Å²) in [6.07, 6.45) is 4.72. The molecule has 0 saturated carbocycles. The van der Waals surface area contributed by atoms with E-state index >= 15 is 0 Å². The fourth-order valence-electron chi connectivity index (χ4n) is 2.56. The Morgan fingerprint density at radius 3 is 2.67 bits per heavy atom. The number of nitro groups is 1. The highest BCUT2D eigenvalue weighted by Crippen LogP contribution is 2.39. The van der Waals surface area contributed by atoms with E-state index in [0.29, 0.717) is 35.0 Å². The largest absolute Gasteiger partial charge is 0.493 e. The van der Waals surface area contributed by atoms with Gasteiger partial charge in [-0.15, -0.1) is 0 Å². The van der Waals surface area contributed by atoms with Crippen LogP contribution in [0, 0.1) is 10.1 Å². The minimum Gasteiger partial charge on any atom is -0.493 e. The summed E-state index contributed by atoms with van der Waals surface area (Å²) in [5.74, 6) is 1.20. The van der Waals surface area contributed by atoms with Gasteiger partial charge in [0.1, 0.15) is 17.2 Å². The van der Waals surface area contributed by atoms with E-state index in [4.69, 9.17) is 9.47 Å². The summed E-state index contributed by atoms with van der Waals surface area (Å²) in [6.45, 7) is 2.13. The molecule has 3 rings (SSSR count). The number of rotatable bonds is 6. The van der Waals surface area contributed by atoms with Gasteiger partial charge < -0.3 is 14.0 Å². The second kappa shape index (κ2) is 7.69. The summed E-state index contributed by atoms with van der Waals surface area (Å²) in [5.41, 5.74) is 0.607. The maximum absolute atomic E-state index is 12.0. The van der Waals surface area contributed by atoms with E-state index in [9.17, 15) is 14.9 Å². The van der Waals surface area contributed by atoms with E-state index in [1.165, 1.54) is 35.0 Å². The average Bonchev–Trinajstić information content (AvgIpc) is 2.66. The third-order valence-electron chi connectivity index (χ3n) is 3.82. The second-order valence-electron chi connectivity index (χ2n) is 5.66. The van der Waals surface area contributed by atoms with Crippen LogP contribution in [0.3, 0.4) is 0 Å². The molecule has 0 unspecified atom stereocenters. The molecule has 0 amide bonds. The van der Waals surface area contributed by atoms with Gasteiger partial charge in [-0.3, -0.25) is 19.9 Å². The van der Waals surface area contributed by atoms with E-state index in [1.807, 2.05) is 0 Å². The predicted molar refractivity (Wildman–Crippen MR) is 99.3 cm³/mol. The quantitative estimate of drug-likeness (QED) is 0.488. The molecule has 27 heavy (non-hydrogen) atoms. The van der Waals surface area contributed by atoms with Crippen molar-refractivity contribution in [2.24, 2.45) is 7.05 Å². The molecule has 0 saturated heterocycles. The predicted octanol–water partition coefficient (Wildman–Crippen LogP) is 3.55. The van der Waals surface area contributed by atoms with Gasteiger partial charge in [0.25, 0.3) is 11.2 Å². The van der Waals surface area contributed by atoms with Crippen molar-refractivity contribution in [1.82, 2.24) is 9.55 Å². The number of aromatic nitrogens is 2. The van der Waals surface area contributed by atoms with Crippen molar-refractivity contribution in [3.63, 3.8) is 0 Å². The number of hydrogen-bond donors (Lipinski definition) is 0. The van der Waals surface area contributed by atoms with Gasteiger partial charge >= 0.3 is 0 Å². The molecular weight excluding hydrogens is 350 g/mol. The van der Waals surface area contributed by atoms with Crippen LogP contribution in [0.4, 0.5) is 5.69 Å². The number of nitro benzene ring substituents is 1. The Bertz CT molecular complexity index is 1030. The summed E-state index contributed by atoms with van der Waals surface area (Å²) in [4.78, 5) is 26.8. The number of nitrogens with zero attached hydrogens (tertiary/aromatic N) is 3. The topological polar surface area (TPSA) is 96.5 Å². The van der Waals surface area contributed by atoms with Crippen LogP contribution in [0.25, 0.3) is 11.1 Å². The highest BCUT2D eigenvalue weighted by atomic mass is 16.6. The lowest BCUT2D eigenvalue weighted by Gasteiger charge is -2.15. The molecule has 138 valence electrons. The van der Waals surface area contributed by atoms with Gasteiger partial charge in [0.15, 0.2) is 0 Å². The fraction of sp³-hybridized carbons (Fsp3) is 0.158. The van der Waals surface area contributed by atoms with Gasteiger partial charge in [-0.25, -0.2) is 0 Å². The lowest BCUT2D eigenvalue weighted by atomic mass is 10.0. The minimum atomic E-state index is -0.486. The first-order valence-electron chi connectivity index (χ1n) is 8.19. The van der Waals surface area contributed by atoms with Crippen LogP contribution in [0.5, 0.6) is 17.2 Å². The zero-order valence-corrected chi connectivity index (χ0v) is 14.8. The standard InChI is InChI=1S/C19H17N3O5/c1-3-26-18-10-19(23)21(2)12-16(18)15-9-13(22(24)25)6-7-17(15)27-14-5-4-8-20-11-14/h4-12H,3H2,1-2H3. The smallest absolute Gasteiger partial charge is 0.270 e. The van der Waals surface area contributed by atoms with Crippen molar-refractivity contribution < 1.29 is 14.4 Å². The molecule has 0 aliphatic rings. The molecule has 0 atom stereocenters. The van der Waals surface area contributed by atoms with Gasteiger partial charge in [0.05, 0.1) is 17.7 Å². The SMILES string of the molecule is CCOc1cc(=O)n(C)cc1-c1cc([N+](=O)[O-])ccc1Oc1cccnc1. The molecule has 0 N–H and O–H groups in total.